The van der Waals surface area contributed by atoms with Gasteiger partial charge in [0.1, 0.15) is 23.2 Å². The Morgan fingerprint density at radius 2 is 1.62 bits per heavy atom. The van der Waals surface area contributed by atoms with E-state index in [4.69, 9.17) is 13.9 Å². The summed E-state index contributed by atoms with van der Waals surface area (Å²) in [7, 11) is 3.74. The molecule has 0 atom stereocenters. The highest BCUT2D eigenvalue weighted by atomic mass is 16.5. The van der Waals surface area contributed by atoms with Gasteiger partial charge in [-0.3, -0.25) is 14.5 Å². The van der Waals surface area contributed by atoms with Crippen molar-refractivity contribution in [3.63, 3.8) is 0 Å². The second-order valence-electron chi connectivity index (χ2n) is 6.82. The zero-order chi connectivity index (χ0) is 23.6. The number of esters is 2. The number of nitrogens with zero attached hydrogens (tertiary/aromatic N) is 2. The summed E-state index contributed by atoms with van der Waals surface area (Å²) < 4.78 is 15.3. The molecule has 9 heteroatoms. The van der Waals surface area contributed by atoms with Crippen molar-refractivity contribution >= 4 is 29.8 Å². The molecule has 1 aliphatic heterocycles. The number of methoxy groups -OCH3 is 2. The summed E-state index contributed by atoms with van der Waals surface area (Å²) in [6.45, 7) is 1.51. The van der Waals surface area contributed by atoms with E-state index in [2.05, 4.69) is 0 Å². The van der Waals surface area contributed by atoms with Crippen LogP contribution in [0.4, 0.5) is 0 Å². The highest BCUT2D eigenvalue weighted by Gasteiger charge is 2.33. The Kier molecular flexibility index (Phi) is 6.07. The number of benzene rings is 1. The first-order valence-electron chi connectivity index (χ1n) is 9.29. The van der Waals surface area contributed by atoms with Gasteiger partial charge in [-0.05, 0) is 48.9 Å². The predicted molar refractivity (Wildman–Crippen MR) is 111 cm³/mol. The molecule has 32 heavy (non-hydrogen) atoms. The Hall–Kier alpha value is -4.45. The number of carbonyl (C=O) groups excluding carboxylic acids is 4. The van der Waals surface area contributed by atoms with Crippen molar-refractivity contribution in [2.45, 2.75) is 6.92 Å². The summed E-state index contributed by atoms with van der Waals surface area (Å²) in [5.41, 5.74) is 0.926. The van der Waals surface area contributed by atoms with E-state index in [1.165, 1.54) is 52.5 Å². The van der Waals surface area contributed by atoms with Crippen molar-refractivity contribution < 1.29 is 33.1 Å². The molecule has 0 aliphatic carbocycles. The van der Waals surface area contributed by atoms with Crippen LogP contribution in [0.15, 0.2) is 51.5 Å². The fraction of sp³-hybridized carbons (Fsp3) is 0.174. The summed E-state index contributed by atoms with van der Waals surface area (Å²) in [6, 6.07) is 9.32. The van der Waals surface area contributed by atoms with E-state index in [0.717, 1.165) is 4.90 Å². The molecule has 3 rings (SSSR count). The van der Waals surface area contributed by atoms with Crippen LogP contribution in [0, 0.1) is 11.3 Å². The lowest BCUT2D eigenvalue weighted by Gasteiger charge is -2.23. The van der Waals surface area contributed by atoms with E-state index in [0.29, 0.717) is 11.3 Å². The Labute approximate surface area is 183 Å². The second kappa shape index (κ2) is 8.73. The molecular weight excluding hydrogens is 416 g/mol. The maximum atomic E-state index is 12.5. The molecule has 0 bridgehead atoms. The van der Waals surface area contributed by atoms with Gasteiger partial charge in [0.15, 0.2) is 0 Å². The van der Waals surface area contributed by atoms with Crippen molar-refractivity contribution in [2.75, 3.05) is 21.3 Å². The monoisotopic (exact) mass is 434 g/mol. The van der Waals surface area contributed by atoms with Gasteiger partial charge in [-0.2, -0.15) is 5.26 Å². The Morgan fingerprint density at radius 3 is 2.16 bits per heavy atom. The molecule has 0 spiro atoms. The summed E-state index contributed by atoms with van der Waals surface area (Å²) in [5, 5.41) is 9.26. The van der Waals surface area contributed by atoms with Gasteiger partial charge >= 0.3 is 11.9 Å². The third-order valence-corrected chi connectivity index (χ3v) is 4.92. The molecule has 9 nitrogen and oxygen atoms in total. The van der Waals surface area contributed by atoms with Crippen LogP contribution in [0.3, 0.4) is 0 Å². The van der Waals surface area contributed by atoms with Crippen molar-refractivity contribution in [3.05, 3.63) is 63.9 Å². The van der Waals surface area contributed by atoms with Gasteiger partial charge in [0.05, 0.1) is 25.3 Å². The first-order chi connectivity index (χ1) is 15.2. The first kappa shape index (κ1) is 22.2. The molecule has 0 saturated heterocycles. The van der Waals surface area contributed by atoms with E-state index in [-0.39, 0.29) is 33.6 Å². The molecule has 0 fully saturated rings. The highest BCUT2D eigenvalue weighted by molar-refractivity contribution is 6.19. The summed E-state index contributed by atoms with van der Waals surface area (Å²) >= 11 is 0. The molecule has 0 unspecified atom stereocenters. The molecule has 162 valence electrons. The highest BCUT2D eigenvalue weighted by Crippen LogP contribution is 2.30. The smallest absolute Gasteiger partial charge is 0.337 e. The Bertz CT molecular complexity index is 1220. The van der Waals surface area contributed by atoms with Crippen LogP contribution in [0.5, 0.6) is 0 Å². The fourth-order valence-electron chi connectivity index (χ4n) is 3.17. The second-order valence-corrected chi connectivity index (χ2v) is 6.82. The van der Waals surface area contributed by atoms with Crippen LogP contribution in [-0.4, -0.2) is 49.9 Å². The zero-order valence-electron chi connectivity index (χ0n) is 17.7. The Balaban J connectivity index is 2.08. The number of imide groups is 1. The summed E-state index contributed by atoms with van der Waals surface area (Å²) in [4.78, 5) is 49.5. The number of ether oxygens (including phenoxy) is 2. The van der Waals surface area contributed by atoms with Gasteiger partial charge in [0.25, 0.3) is 11.8 Å². The van der Waals surface area contributed by atoms with Crippen LogP contribution in [0.2, 0.25) is 0 Å². The molecule has 0 N–H and O–H groups in total. The summed E-state index contributed by atoms with van der Waals surface area (Å²) in [6.07, 6.45) is 1.42. The number of carbonyl (C=O) groups is 4. The van der Waals surface area contributed by atoms with E-state index in [9.17, 15) is 24.4 Å². The maximum absolute atomic E-state index is 12.5. The third kappa shape index (κ3) is 3.94. The van der Waals surface area contributed by atoms with Gasteiger partial charge < -0.3 is 13.9 Å². The van der Waals surface area contributed by atoms with Crippen molar-refractivity contribution in [1.82, 2.24) is 4.90 Å². The van der Waals surface area contributed by atoms with Gasteiger partial charge in [-0.15, -0.1) is 0 Å². The lowest BCUT2D eigenvalue weighted by Crippen LogP contribution is -2.39. The van der Waals surface area contributed by atoms with E-state index >= 15 is 0 Å². The average Bonchev–Trinajstić information content (AvgIpc) is 3.28. The molecule has 0 saturated carbocycles. The van der Waals surface area contributed by atoms with Crippen LogP contribution in [-0.2, 0) is 19.1 Å². The minimum Gasteiger partial charge on any atom is -0.465 e. The number of likely N-dealkylation sites (N-methyl/N-ethyl adjacent to an activating group) is 1. The largest absolute Gasteiger partial charge is 0.465 e. The molecule has 1 aromatic carbocycles. The average molecular weight is 434 g/mol. The van der Waals surface area contributed by atoms with Crippen molar-refractivity contribution in [3.8, 4) is 17.4 Å². The van der Waals surface area contributed by atoms with Crippen LogP contribution in [0.25, 0.3) is 17.4 Å². The van der Waals surface area contributed by atoms with Crippen molar-refractivity contribution in [1.29, 1.82) is 5.26 Å². The Morgan fingerprint density at radius 1 is 1.03 bits per heavy atom. The van der Waals surface area contributed by atoms with Gasteiger partial charge in [-0.1, -0.05) is 0 Å². The molecule has 2 aromatic rings. The molecular formula is C23H18N2O7. The van der Waals surface area contributed by atoms with Crippen LogP contribution in [0.1, 0.15) is 33.4 Å². The van der Waals surface area contributed by atoms with Crippen LogP contribution >= 0.6 is 0 Å². The predicted octanol–water partition coefficient (Wildman–Crippen LogP) is 2.74. The number of rotatable bonds is 4. The standard InChI is InChI=1S/C23H18N2O7/c1-12-17(20(26)25(2)21(27)18(12)11-24)10-16-5-6-19(32-16)13-7-14(22(28)30-3)9-15(8-13)23(29)31-4/h5-10H,1-4H3/b17-10+. The van der Waals surface area contributed by atoms with Gasteiger partial charge in [0.2, 0.25) is 0 Å². The molecule has 2 amide bonds. The van der Waals surface area contributed by atoms with Crippen molar-refractivity contribution in [2.24, 2.45) is 0 Å². The normalized spacial score (nSPS) is 15.1. The van der Waals surface area contributed by atoms with E-state index in [1.54, 1.807) is 12.1 Å². The minimum atomic E-state index is -0.665. The summed E-state index contributed by atoms with van der Waals surface area (Å²) in [5.74, 6) is -1.94. The first-order valence-corrected chi connectivity index (χ1v) is 9.29. The van der Waals surface area contributed by atoms with E-state index in [1.807, 2.05) is 6.07 Å². The quantitative estimate of drug-likeness (QED) is 0.408. The number of nitriles is 1. The molecule has 2 heterocycles. The molecule has 1 aliphatic rings. The van der Waals surface area contributed by atoms with E-state index < -0.39 is 23.8 Å². The lowest BCUT2D eigenvalue weighted by atomic mass is 9.95. The third-order valence-electron chi connectivity index (χ3n) is 4.92. The SMILES string of the molecule is COC(=O)c1cc(C(=O)OC)cc(-c2ccc(/C=C3/C(=O)N(C)C(=O)C(C#N)=C3C)o2)c1. The number of amides is 2. The fourth-order valence-corrected chi connectivity index (χ4v) is 3.17. The maximum Gasteiger partial charge on any atom is 0.337 e. The molecule has 0 radical (unpaired) electrons. The molecule has 1 aromatic heterocycles. The number of furan rings is 1. The van der Waals surface area contributed by atoms with Crippen LogP contribution < -0.4 is 0 Å². The number of hydrogen-bond acceptors (Lipinski definition) is 8. The minimum absolute atomic E-state index is 0.126. The topological polar surface area (TPSA) is 127 Å². The van der Waals surface area contributed by atoms with Gasteiger partial charge in [-0.25, -0.2) is 9.59 Å². The number of hydrogen-bond donors (Lipinski definition) is 0. The van der Waals surface area contributed by atoms with Gasteiger partial charge in [0, 0.05) is 18.2 Å². The zero-order valence-corrected chi connectivity index (χ0v) is 17.7. The lowest BCUT2D eigenvalue weighted by molar-refractivity contribution is -0.138.